The molecule has 0 aliphatic carbocycles. The molecule has 0 unspecified atom stereocenters. The molecule has 5 heteroatoms. The molecule has 0 fully saturated rings. The van der Waals surface area contributed by atoms with E-state index in [0.29, 0.717) is 5.59 Å². The minimum atomic E-state index is -0.442. The van der Waals surface area contributed by atoms with E-state index in [9.17, 15) is 10.1 Å². The van der Waals surface area contributed by atoms with Crippen molar-refractivity contribution in [2.45, 2.75) is 0 Å². The van der Waals surface area contributed by atoms with Gasteiger partial charge in [-0.25, -0.2) is 0 Å². The number of aromatic nitrogens is 1. The van der Waals surface area contributed by atoms with Crippen molar-refractivity contribution in [3.63, 3.8) is 0 Å². The highest BCUT2D eigenvalue weighted by Gasteiger charge is 2.07. The summed E-state index contributed by atoms with van der Waals surface area (Å²) in [4.78, 5) is 13.5. The summed E-state index contributed by atoms with van der Waals surface area (Å²) in [5.41, 5.74) is 0.523. The molecule has 0 radical (unpaired) electrons. The van der Waals surface area contributed by atoms with Gasteiger partial charge in [0.2, 0.25) is 0 Å². The third kappa shape index (κ3) is 1.13. The number of nitro groups is 1. The average molecular weight is 136 g/mol. The van der Waals surface area contributed by atoms with Crippen LogP contribution in [-0.4, -0.2) is 17.8 Å². The minimum Gasteiger partial charge on any atom is -0.265 e. The van der Waals surface area contributed by atoms with Crippen LogP contribution in [0.2, 0.25) is 0 Å². The van der Waals surface area contributed by atoms with Crippen molar-refractivity contribution in [2.75, 3.05) is 0 Å². The lowest BCUT2D eigenvalue weighted by Gasteiger charge is -1.92. The Hall–Kier alpha value is -1.39. The summed E-state index contributed by atoms with van der Waals surface area (Å²) in [5, 5.41) is 10.2. The second-order valence-corrected chi connectivity index (χ2v) is 1.87. The third-order valence-electron chi connectivity index (χ3n) is 1.18. The molecule has 0 aromatic carbocycles. The van der Waals surface area contributed by atoms with E-state index in [-0.39, 0.29) is 5.69 Å². The molecule has 1 heterocycles. The molecule has 0 aliphatic rings. The lowest BCUT2D eigenvalue weighted by Crippen LogP contribution is -2.12. The Bertz CT molecular complexity index is 264. The van der Waals surface area contributed by atoms with E-state index >= 15 is 0 Å². The quantitative estimate of drug-likeness (QED) is 0.290. The summed E-state index contributed by atoms with van der Waals surface area (Å²) < 4.78 is 0. The highest BCUT2D eigenvalue weighted by Crippen LogP contribution is 2.01. The van der Waals surface area contributed by atoms with E-state index in [1.165, 1.54) is 12.3 Å². The molecule has 1 aromatic heterocycles. The van der Waals surface area contributed by atoms with Crippen LogP contribution >= 0.6 is 0 Å². The van der Waals surface area contributed by atoms with Crippen LogP contribution in [0.5, 0.6) is 0 Å². The maximum Gasteiger partial charge on any atom is 0.280 e. The Morgan fingerprint density at radius 2 is 2.40 bits per heavy atom. The normalized spacial score (nSPS) is 9.20. The SMILES string of the molecule is Bc1ncccc1[N+](=O)[O-]. The monoisotopic (exact) mass is 136 g/mol. The first kappa shape index (κ1) is 6.73. The molecule has 10 heavy (non-hydrogen) atoms. The van der Waals surface area contributed by atoms with Crippen LogP contribution in [0.25, 0.3) is 0 Å². The first-order valence-electron chi connectivity index (χ1n) is 2.78. The highest BCUT2D eigenvalue weighted by atomic mass is 16.6. The highest BCUT2D eigenvalue weighted by molar-refractivity contribution is 6.33. The van der Waals surface area contributed by atoms with Crippen molar-refractivity contribution in [1.82, 2.24) is 4.98 Å². The largest absolute Gasteiger partial charge is 0.280 e. The zero-order chi connectivity index (χ0) is 7.56. The van der Waals surface area contributed by atoms with Gasteiger partial charge in [-0.2, -0.15) is 0 Å². The molecule has 0 saturated carbocycles. The Kier molecular flexibility index (Phi) is 1.66. The Morgan fingerprint density at radius 1 is 1.70 bits per heavy atom. The predicted molar refractivity (Wildman–Crippen MR) is 39.1 cm³/mol. The van der Waals surface area contributed by atoms with Crippen molar-refractivity contribution < 1.29 is 4.92 Å². The molecule has 0 spiro atoms. The van der Waals surface area contributed by atoms with Gasteiger partial charge in [0.25, 0.3) is 5.69 Å². The van der Waals surface area contributed by atoms with E-state index in [4.69, 9.17) is 0 Å². The third-order valence-corrected chi connectivity index (χ3v) is 1.18. The maximum absolute atomic E-state index is 10.2. The van der Waals surface area contributed by atoms with Gasteiger partial charge < -0.3 is 0 Å². The molecule has 0 saturated heterocycles. The fraction of sp³-hybridized carbons (Fsp3) is 0. The zero-order valence-electron chi connectivity index (χ0n) is 5.44. The summed E-state index contributed by atoms with van der Waals surface area (Å²) in [6.07, 6.45) is 1.53. The van der Waals surface area contributed by atoms with E-state index in [2.05, 4.69) is 4.98 Å². The summed E-state index contributed by atoms with van der Waals surface area (Å²) >= 11 is 0. The van der Waals surface area contributed by atoms with E-state index in [1.807, 2.05) is 0 Å². The average Bonchev–Trinajstić information content (AvgIpc) is 1.88. The van der Waals surface area contributed by atoms with E-state index < -0.39 is 4.92 Å². The van der Waals surface area contributed by atoms with Gasteiger partial charge in [0.1, 0.15) is 0 Å². The van der Waals surface area contributed by atoms with Gasteiger partial charge in [0.15, 0.2) is 7.85 Å². The van der Waals surface area contributed by atoms with Gasteiger partial charge in [-0.05, 0) is 6.07 Å². The Morgan fingerprint density at radius 3 is 2.80 bits per heavy atom. The van der Waals surface area contributed by atoms with Crippen LogP contribution in [-0.2, 0) is 0 Å². The topological polar surface area (TPSA) is 56.0 Å². The fourth-order valence-corrected chi connectivity index (χ4v) is 0.669. The number of hydrogen-bond acceptors (Lipinski definition) is 3. The van der Waals surface area contributed by atoms with E-state index in [1.54, 1.807) is 13.9 Å². The maximum atomic E-state index is 10.2. The smallest absolute Gasteiger partial charge is 0.265 e. The lowest BCUT2D eigenvalue weighted by molar-refractivity contribution is -0.383. The number of nitrogens with zero attached hydrogens (tertiary/aromatic N) is 2. The van der Waals surface area contributed by atoms with Gasteiger partial charge in [-0.15, -0.1) is 0 Å². The van der Waals surface area contributed by atoms with Crippen LogP contribution in [0, 0.1) is 10.1 Å². The van der Waals surface area contributed by atoms with Crippen LogP contribution < -0.4 is 5.59 Å². The van der Waals surface area contributed by atoms with Crippen molar-refractivity contribution in [2.24, 2.45) is 0 Å². The van der Waals surface area contributed by atoms with E-state index in [0.717, 1.165) is 0 Å². The van der Waals surface area contributed by atoms with Gasteiger partial charge >= 0.3 is 0 Å². The molecular formula is C5H5BN2O2. The van der Waals surface area contributed by atoms with Crippen molar-refractivity contribution in [1.29, 1.82) is 0 Å². The van der Waals surface area contributed by atoms with Crippen LogP contribution in [0.15, 0.2) is 18.3 Å². The summed E-state index contributed by atoms with van der Waals surface area (Å²) in [6.45, 7) is 0. The standard InChI is InChI=1S/C5H5BN2O2/c6-5-4(8(9)10)2-1-3-7-5/h1-3H,6H2. The van der Waals surface area contributed by atoms with Crippen LogP contribution in [0.4, 0.5) is 5.69 Å². The Labute approximate surface area is 58.5 Å². The molecule has 1 aromatic rings. The minimum absolute atomic E-state index is 0.0718. The first-order valence-corrected chi connectivity index (χ1v) is 2.78. The van der Waals surface area contributed by atoms with Crippen molar-refractivity contribution in [3.8, 4) is 0 Å². The fourth-order valence-electron chi connectivity index (χ4n) is 0.669. The molecule has 1 rings (SSSR count). The molecule has 4 nitrogen and oxygen atoms in total. The lowest BCUT2D eigenvalue weighted by atomic mass is 10.0. The molecule has 0 amide bonds. The summed E-state index contributed by atoms with van der Waals surface area (Å²) in [7, 11) is 1.61. The molecule has 0 bridgehead atoms. The molecule has 0 N–H and O–H groups in total. The zero-order valence-corrected chi connectivity index (χ0v) is 5.44. The second kappa shape index (κ2) is 2.47. The first-order chi connectivity index (χ1) is 4.72. The van der Waals surface area contributed by atoms with Crippen LogP contribution in [0.1, 0.15) is 0 Å². The number of hydrogen-bond donors (Lipinski definition) is 0. The van der Waals surface area contributed by atoms with Crippen molar-refractivity contribution in [3.05, 3.63) is 28.4 Å². The molecule has 0 atom stereocenters. The van der Waals surface area contributed by atoms with Crippen LogP contribution in [0.3, 0.4) is 0 Å². The van der Waals surface area contributed by atoms with Gasteiger partial charge in [0.05, 0.1) is 10.5 Å². The molecule has 50 valence electrons. The number of rotatable bonds is 1. The summed E-state index contributed by atoms with van der Waals surface area (Å²) in [6, 6.07) is 2.98. The van der Waals surface area contributed by atoms with Gasteiger partial charge in [-0.3, -0.25) is 15.1 Å². The Balaban J connectivity index is 3.15. The predicted octanol–water partition coefficient (Wildman–Crippen LogP) is -0.752. The second-order valence-electron chi connectivity index (χ2n) is 1.87. The molecular weight excluding hydrogens is 131 g/mol. The van der Waals surface area contributed by atoms with Gasteiger partial charge in [-0.1, -0.05) is 0 Å². The van der Waals surface area contributed by atoms with Crippen molar-refractivity contribution >= 4 is 19.1 Å². The summed E-state index contributed by atoms with van der Waals surface area (Å²) in [5.74, 6) is 0. The number of pyridine rings is 1. The van der Waals surface area contributed by atoms with Gasteiger partial charge in [0, 0.05) is 12.3 Å². The molecule has 0 aliphatic heterocycles.